The molecule has 30 heavy (non-hydrogen) atoms. The van der Waals surface area contributed by atoms with Crippen LogP contribution in [0.1, 0.15) is 5.56 Å². The fourth-order valence-electron chi connectivity index (χ4n) is 3.13. The SMILES string of the molecule is O=C(COc1cccc(Br)c1)N=Nc1c(O)n(Cc2ccccc2)c2ccccc12. The molecule has 0 spiro atoms. The fraction of sp³-hybridized carbons (Fsp3) is 0.0870. The Balaban J connectivity index is 1.56. The highest BCUT2D eigenvalue weighted by Crippen LogP contribution is 2.39. The number of ether oxygens (including phenoxy) is 1. The van der Waals surface area contributed by atoms with Crippen LogP contribution in [0.2, 0.25) is 0 Å². The number of para-hydroxylation sites is 1. The number of azo groups is 1. The van der Waals surface area contributed by atoms with E-state index in [1.54, 1.807) is 16.7 Å². The molecule has 0 atom stereocenters. The van der Waals surface area contributed by atoms with Gasteiger partial charge in [0, 0.05) is 9.86 Å². The molecule has 3 aromatic carbocycles. The molecule has 6 nitrogen and oxygen atoms in total. The van der Waals surface area contributed by atoms with E-state index in [1.165, 1.54) is 0 Å². The third-order valence-corrected chi connectivity index (χ3v) is 5.01. The number of carbonyl (C=O) groups is 1. The molecule has 1 amide bonds. The molecule has 0 saturated heterocycles. The first-order valence-corrected chi connectivity index (χ1v) is 10.1. The molecule has 1 N–H and O–H groups in total. The summed E-state index contributed by atoms with van der Waals surface area (Å²) in [5.74, 6) is -0.0333. The van der Waals surface area contributed by atoms with E-state index < -0.39 is 5.91 Å². The van der Waals surface area contributed by atoms with E-state index in [0.29, 0.717) is 12.3 Å². The minimum absolute atomic E-state index is 0.0375. The third kappa shape index (κ3) is 4.41. The highest BCUT2D eigenvalue weighted by atomic mass is 79.9. The first kappa shape index (κ1) is 19.8. The zero-order valence-electron chi connectivity index (χ0n) is 15.9. The summed E-state index contributed by atoms with van der Waals surface area (Å²) >= 11 is 3.35. The quantitative estimate of drug-likeness (QED) is 0.364. The van der Waals surface area contributed by atoms with Crippen LogP contribution in [0.25, 0.3) is 10.9 Å². The number of aromatic hydroxyl groups is 1. The molecule has 1 aromatic heterocycles. The Morgan fingerprint density at radius 3 is 2.57 bits per heavy atom. The molecule has 0 aliphatic heterocycles. The van der Waals surface area contributed by atoms with Gasteiger partial charge in [-0.3, -0.25) is 4.79 Å². The topological polar surface area (TPSA) is 76.2 Å². The largest absolute Gasteiger partial charge is 0.493 e. The average molecular weight is 464 g/mol. The van der Waals surface area contributed by atoms with Crippen LogP contribution in [0.15, 0.2) is 93.6 Å². The van der Waals surface area contributed by atoms with E-state index in [-0.39, 0.29) is 18.2 Å². The van der Waals surface area contributed by atoms with Crippen molar-refractivity contribution in [3.8, 4) is 11.6 Å². The molecule has 0 bridgehead atoms. The first-order valence-electron chi connectivity index (χ1n) is 9.29. The number of nitrogens with zero attached hydrogens (tertiary/aromatic N) is 3. The summed E-state index contributed by atoms with van der Waals surface area (Å²) in [7, 11) is 0. The number of rotatable bonds is 6. The Labute approximate surface area is 181 Å². The van der Waals surface area contributed by atoms with Crippen molar-refractivity contribution in [3.05, 3.63) is 88.9 Å². The second kappa shape index (κ2) is 8.92. The zero-order chi connectivity index (χ0) is 20.9. The van der Waals surface area contributed by atoms with Gasteiger partial charge in [-0.1, -0.05) is 70.5 Å². The molecule has 0 aliphatic carbocycles. The zero-order valence-corrected chi connectivity index (χ0v) is 17.5. The van der Waals surface area contributed by atoms with Crippen LogP contribution in [0.3, 0.4) is 0 Å². The lowest BCUT2D eigenvalue weighted by molar-refractivity contribution is -0.120. The Morgan fingerprint density at radius 1 is 1.00 bits per heavy atom. The van der Waals surface area contributed by atoms with E-state index >= 15 is 0 Å². The van der Waals surface area contributed by atoms with E-state index in [4.69, 9.17) is 4.74 Å². The van der Waals surface area contributed by atoms with Crippen molar-refractivity contribution in [2.24, 2.45) is 10.2 Å². The lowest BCUT2D eigenvalue weighted by Crippen LogP contribution is -2.07. The van der Waals surface area contributed by atoms with Crippen LogP contribution in [0, 0.1) is 0 Å². The van der Waals surface area contributed by atoms with Gasteiger partial charge in [0.1, 0.15) is 5.75 Å². The van der Waals surface area contributed by atoms with Crippen LogP contribution in [0.4, 0.5) is 5.69 Å². The molecule has 0 unspecified atom stereocenters. The highest BCUT2D eigenvalue weighted by Gasteiger charge is 2.17. The number of halogens is 1. The third-order valence-electron chi connectivity index (χ3n) is 4.52. The summed E-state index contributed by atoms with van der Waals surface area (Å²) in [5.41, 5.74) is 2.11. The summed E-state index contributed by atoms with van der Waals surface area (Å²) < 4.78 is 8.04. The predicted octanol–water partition coefficient (Wildman–Crippen LogP) is 5.85. The molecule has 4 rings (SSSR count). The van der Waals surface area contributed by atoms with Crippen molar-refractivity contribution < 1.29 is 14.6 Å². The van der Waals surface area contributed by atoms with E-state index in [2.05, 4.69) is 26.2 Å². The number of carbonyl (C=O) groups excluding carboxylic acids is 1. The van der Waals surface area contributed by atoms with Gasteiger partial charge in [-0.05, 0) is 29.8 Å². The van der Waals surface area contributed by atoms with Crippen molar-refractivity contribution in [2.45, 2.75) is 6.54 Å². The van der Waals surface area contributed by atoms with Crippen LogP contribution in [-0.2, 0) is 11.3 Å². The van der Waals surface area contributed by atoms with E-state index in [9.17, 15) is 9.90 Å². The van der Waals surface area contributed by atoms with Crippen molar-refractivity contribution in [3.63, 3.8) is 0 Å². The monoisotopic (exact) mass is 463 g/mol. The maximum absolute atomic E-state index is 12.1. The molecular weight excluding hydrogens is 446 g/mol. The maximum Gasteiger partial charge on any atom is 0.302 e. The Hall–Kier alpha value is -3.45. The number of fused-ring (bicyclic) bond motifs is 1. The molecule has 150 valence electrons. The van der Waals surface area contributed by atoms with Crippen LogP contribution in [0.5, 0.6) is 11.6 Å². The van der Waals surface area contributed by atoms with Crippen molar-refractivity contribution >= 4 is 38.4 Å². The standard InChI is InChI=1S/C23H18BrN3O3/c24-17-9-6-10-18(13-17)30-15-21(28)25-26-22-19-11-4-5-12-20(19)27(23(22)29)14-16-7-2-1-3-8-16/h1-13,29H,14-15H2. The molecule has 0 aliphatic rings. The number of aromatic nitrogens is 1. The van der Waals surface area contributed by atoms with Crippen LogP contribution >= 0.6 is 15.9 Å². The molecule has 4 aromatic rings. The summed E-state index contributed by atoms with van der Waals surface area (Å²) in [6, 6.07) is 24.5. The van der Waals surface area contributed by atoms with Gasteiger partial charge in [-0.15, -0.1) is 10.2 Å². The second-order valence-electron chi connectivity index (χ2n) is 6.60. The molecule has 7 heteroatoms. The van der Waals surface area contributed by atoms with Gasteiger partial charge in [0.05, 0.1) is 12.1 Å². The summed E-state index contributed by atoms with van der Waals surface area (Å²) in [4.78, 5) is 12.1. The smallest absolute Gasteiger partial charge is 0.302 e. The normalized spacial score (nSPS) is 11.2. The van der Waals surface area contributed by atoms with E-state index in [0.717, 1.165) is 20.9 Å². The minimum Gasteiger partial charge on any atom is -0.493 e. The lowest BCUT2D eigenvalue weighted by Gasteiger charge is -2.06. The Kier molecular flexibility index (Phi) is 5.90. The van der Waals surface area contributed by atoms with Gasteiger partial charge in [-0.2, -0.15) is 0 Å². The molecule has 0 radical (unpaired) electrons. The Morgan fingerprint density at radius 2 is 1.77 bits per heavy atom. The number of hydrogen-bond acceptors (Lipinski definition) is 4. The van der Waals surface area contributed by atoms with Gasteiger partial charge >= 0.3 is 5.91 Å². The summed E-state index contributed by atoms with van der Waals surface area (Å²) in [5, 5.41) is 19.3. The predicted molar refractivity (Wildman–Crippen MR) is 118 cm³/mol. The molecule has 1 heterocycles. The fourth-order valence-corrected chi connectivity index (χ4v) is 3.51. The van der Waals surface area contributed by atoms with Gasteiger partial charge in [0.15, 0.2) is 12.3 Å². The van der Waals surface area contributed by atoms with Gasteiger partial charge in [0.25, 0.3) is 0 Å². The van der Waals surface area contributed by atoms with Crippen LogP contribution < -0.4 is 4.74 Å². The van der Waals surface area contributed by atoms with Crippen molar-refractivity contribution in [1.29, 1.82) is 0 Å². The molecule has 0 saturated carbocycles. The van der Waals surface area contributed by atoms with Gasteiger partial charge in [0.2, 0.25) is 5.88 Å². The second-order valence-corrected chi connectivity index (χ2v) is 7.52. The molecule has 0 fully saturated rings. The highest BCUT2D eigenvalue weighted by molar-refractivity contribution is 9.10. The maximum atomic E-state index is 12.1. The van der Waals surface area contributed by atoms with Crippen molar-refractivity contribution in [2.75, 3.05) is 6.61 Å². The lowest BCUT2D eigenvalue weighted by atomic mass is 10.2. The van der Waals surface area contributed by atoms with Crippen molar-refractivity contribution in [1.82, 2.24) is 4.57 Å². The number of amides is 1. The van der Waals surface area contributed by atoms with E-state index in [1.807, 2.05) is 66.7 Å². The summed E-state index contributed by atoms with van der Waals surface area (Å²) in [6.07, 6.45) is 0. The Bertz CT molecular complexity index is 1220. The number of benzene rings is 3. The number of hydrogen-bond donors (Lipinski definition) is 1. The average Bonchev–Trinajstić information content (AvgIpc) is 3.03. The van der Waals surface area contributed by atoms with Gasteiger partial charge < -0.3 is 14.4 Å². The first-order chi connectivity index (χ1) is 14.6. The molecular formula is C23H18BrN3O3. The van der Waals surface area contributed by atoms with Crippen LogP contribution in [-0.4, -0.2) is 22.2 Å². The summed E-state index contributed by atoms with van der Waals surface area (Å²) in [6.45, 7) is 0.228. The van der Waals surface area contributed by atoms with Gasteiger partial charge in [-0.25, -0.2) is 0 Å². The minimum atomic E-state index is -0.547.